The molecule has 5 heteroatoms. The first-order valence-electron chi connectivity index (χ1n) is 5.09. The van der Waals surface area contributed by atoms with Gasteiger partial charge in [0.05, 0.1) is 10.2 Å². The molecule has 88 valence electrons. The van der Waals surface area contributed by atoms with E-state index in [4.69, 9.17) is 0 Å². The first-order chi connectivity index (χ1) is 8.11. The predicted octanol–water partition coefficient (Wildman–Crippen LogP) is 3.40. The lowest BCUT2D eigenvalue weighted by molar-refractivity contribution is 0.624. The Bertz CT molecular complexity index is 557. The molecule has 0 spiro atoms. The lowest BCUT2D eigenvalue weighted by atomic mass is 10.1. The Balaban J connectivity index is 2.60. The molecule has 1 aromatic carbocycles. The van der Waals surface area contributed by atoms with Crippen LogP contribution in [-0.4, -0.2) is 17.0 Å². The lowest BCUT2D eigenvalue weighted by Crippen LogP contribution is -2.00. The van der Waals surface area contributed by atoms with Gasteiger partial charge in [0.2, 0.25) is 5.95 Å². The second-order valence-corrected chi connectivity index (χ2v) is 4.42. The van der Waals surface area contributed by atoms with Crippen molar-refractivity contribution in [2.24, 2.45) is 0 Å². The molecule has 0 aliphatic heterocycles. The van der Waals surface area contributed by atoms with Crippen LogP contribution in [0.5, 0.6) is 0 Å². The number of benzene rings is 1. The molecule has 17 heavy (non-hydrogen) atoms. The molecular weight excluding hydrogens is 285 g/mol. The molecule has 1 heterocycles. The third-order valence-corrected chi connectivity index (χ3v) is 2.92. The fraction of sp³-hybridized carbons (Fsp3) is 0.167. The van der Waals surface area contributed by atoms with Gasteiger partial charge in [0.15, 0.2) is 0 Å². The second-order valence-electron chi connectivity index (χ2n) is 3.57. The van der Waals surface area contributed by atoms with Gasteiger partial charge in [0.25, 0.3) is 0 Å². The van der Waals surface area contributed by atoms with Crippen molar-refractivity contribution in [2.75, 3.05) is 12.4 Å². The van der Waals surface area contributed by atoms with Gasteiger partial charge in [-0.2, -0.15) is 0 Å². The molecule has 0 radical (unpaired) electrons. The zero-order valence-corrected chi connectivity index (χ0v) is 11.0. The summed E-state index contributed by atoms with van der Waals surface area (Å²) in [5.41, 5.74) is 1.82. The van der Waals surface area contributed by atoms with Crippen LogP contribution in [0.3, 0.4) is 0 Å². The van der Waals surface area contributed by atoms with Crippen LogP contribution in [0.1, 0.15) is 5.69 Å². The van der Waals surface area contributed by atoms with Crippen LogP contribution in [0.25, 0.3) is 11.3 Å². The van der Waals surface area contributed by atoms with E-state index in [-0.39, 0.29) is 5.82 Å². The first-order valence-corrected chi connectivity index (χ1v) is 5.89. The summed E-state index contributed by atoms with van der Waals surface area (Å²) in [5, 5.41) is 2.86. The quantitative estimate of drug-likeness (QED) is 0.923. The van der Waals surface area contributed by atoms with Crippen LogP contribution >= 0.6 is 15.9 Å². The summed E-state index contributed by atoms with van der Waals surface area (Å²) in [6.45, 7) is 1.85. The van der Waals surface area contributed by atoms with E-state index >= 15 is 0 Å². The largest absolute Gasteiger partial charge is 0.357 e. The van der Waals surface area contributed by atoms with Gasteiger partial charge in [-0.1, -0.05) is 6.07 Å². The Hall–Kier alpha value is -1.49. The summed E-state index contributed by atoms with van der Waals surface area (Å²) in [4.78, 5) is 8.41. The second kappa shape index (κ2) is 4.79. The molecule has 0 atom stereocenters. The number of anilines is 1. The third kappa shape index (κ3) is 2.44. The fourth-order valence-corrected chi connectivity index (χ4v) is 1.89. The summed E-state index contributed by atoms with van der Waals surface area (Å²) in [5.74, 6) is 0.173. The number of nitrogens with zero attached hydrogens (tertiary/aromatic N) is 2. The zero-order chi connectivity index (χ0) is 12.4. The van der Waals surface area contributed by atoms with Gasteiger partial charge >= 0.3 is 0 Å². The molecule has 0 saturated heterocycles. The Labute approximate surface area is 107 Å². The Morgan fingerprint density at radius 2 is 2.06 bits per heavy atom. The average molecular weight is 296 g/mol. The van der Waals surface area contributed by atoms with Gasteiger partial charge in [-0.3, -0.25) is 0 Å². The van der Waals surface area contributed by atoms with E-state index in [9.17, 15) is 4.39 Å². The van der Waals surface area contributed by atoms with Crippen LogP contribution < -0.4 is 5.32 Å². The van der Waals surface area contributed by atoms with Gasteiger partial charge in [0, 0.05) is 18.3 Å². The maximum Gasteiger partial charge on any atom is 0.223 e. The van der Waals surface area contributed by atoms with Crippen molar-refractivity contribution in [3.8, 4) is 11.3 Å². The van der Waals surface area contributed by atoms with E-state index in [0.29, 0.717) is 21.7 Å². The summed E-state index contributed by atoms with van der Waals surface area (Å²) in [7, 11) is 1.73. The minimum Gasteiger partial charge on any atom is -0.357 e. The third-order valence-electron chi connectivity index (χ3n) is 2.31. The number of rotatable bonds is 2. The van der Waals surface area contributed by atoms with Crippen LogP contribution in [0, 0.1) is 12.7 Å². The number of aryl methyl sites for hydroxylation is 1. The van der Waals surface area contributed by atoms with E-state index in [2.05, 4.69) is 31.2 Å². The highest BCUT2D eigenvalue weighted by Crippen LogP contribution is 2.27. The predicted molar refractivity (Wildman–Crippen MR) is 69.4 cm³/mol. The van der Waals surface area contributed by atoms with E-state index in [0.717, 1.165) is 5.69 Å². The highest BCUT2D eigenvalue weighted by atomic mass is 79.9. The van der Waals surface area contributed by atoms with Crippen molar-refractivity contribution in [3.63, 3.8) is 0 Å². The molecule has 2 rings (SSSR count). The molecule has 0 amide bonds. The fourth-order valence-electron chi connectivity index (χ4n) is 1.52. The highest BCUT2D eigenvalue weighted by molar-refractivity contribution is 9.10. The number of aromatic nitrogens is 2. The smallest absolute Gasteiger partial charge is 0.223 e. The summed E-state index contributed by atoms with van der Waals surface area (Å²) in [6, 6.07) is 6.89. The summed E-state index contributed by atoms with van der Waals surface area (Å²) in [6.07, 6.45) is 0. The van der Waals surface area contributed by atoms with E-state index in [1.54, 1.807) is 31.3 Å². The highest BCUT2D eigenvalue weighted by Gasteiger charge is 2.11. The molecule has 2 aromatic rings. The molecule has 0 saturated carbocycles. The van der Waals surface area contributed by atoms with E-state index < -0.39 is 0 Å². The standard InChI is InChI=1S/C12H11BrFN3/c1-7-6-10(17-12(15-2)16-7)8-4-3-5-9(13)11(8)14/h3-6H,1-2H3,(H,15,16,17). The van der Waals surface area contributed by atoms with Crippen molar-refractivity contribution in [1.29, 1.82) is 0 Å². The Morgan fingerprint density at radius 1 is 1.29 bits per heavy atom. The van der Waals surface area contributed by atoms with Crippen molar-refractivity contribution in [3.05, 3.63) is 40.2 Å². The van der Waals surface area contributed by atoms with Crippen molar-refractivity contribution in [2.45, 2.75) is 6.92 Å². The molecule has 1 N–H and O–H groups in total. The first kappa shape index (κ1) is 12.0. The van der Waals surface area contributed by atoms with Crippen LogP contribution in [0.15, 0.2) is 28.7 Å². The Kier molecular flexibility index (Phi) is 3.38. The number of halogens is 2. The van der Waals surface area contributed by atoms with Crippen LogP contribution in [0.2, 0.25) is 0 Å². The lowest BCUT2D eigenvalue weighted by Gasteiger charge is -2.07. The Morgan fingerprint density at radius 3 is 2.76 bits per heavy atom. The van der Waals surface area contributed by atoms with Crippen molar-refractivity contribution >= 4 is 21.9 Å². The molecule has 0 aliphatic carbocycles. The van der Waals surface area contributed by atoms with E-state index in [1.807, 2.05) is 6.92 Å². The van der Waals surface area contributed by atoms with Gasteiger partial charge < -0.3 is 5.32 Å². The van der Waals surface area contributed by atoms with Gasteiger partial charge in [0.1, 0.15) is 5.82 Å². The van der Waals surface area contributed by atoms with Gasteiger partial charge in [-0.15, -0.1) is 0 Å². The maximum absolute atomic E-state index is 13.9. The minimum atomic E-state index is -0.312. The van der Waals surface area contributed by atoms with Gasteiger partial charge in [-0.25, -0.2) is 14.4 Å². The normalized spacial score (nSPS) is 10.4. The monoisotopic (exact) mass is 295 g/mol. The number of hydrogen-bond donors (Lipinski definition) is 1. The SMILES string of the molecule is CNc1nc(C)cc(-c2cccc(Br)c2F)n1. The van der Waals surface area contributed by atoms with Gasteiger partial charge in [-0.05, 0) is 41.1 Å². The molecule has 3 nitrogen and oxygen atoms in total. The zero-order valence-electron chi connectivity index (χ0n) is 9.46. The molecular formula is C12H11BrFN3. The topological polar surface area (TPSA) is 37.8 Å². The van der Waals surface area contributed by atoms with Crippen LogP contribution in [0.4, 0.5) is 10.3 Å². The van der Waals surface area contributed by atoms with Crippen molar-refractivity contribution < 1.29 is 4.39 Å². The molecule has 1 aromatic heterocycles. The maximum atomic E-state index is 13.9. The molecule has 0 bridgehead atoms. The van der Waals surface area contributed by atoms with Crippen LogP contribution in [-0.2, 0) is 0 Å². The molecule has 0 aliphatic rings. The average Bonchev–Trinajstić information content (AvgIpc) is 2.31. The summed E-state index contributed by atoms with van der Waals surface area (Å²) >= 11 is 3.16. The number of nitrogens with one attached hydrogen (secondary N) is 1. The van der Waals surface area contributed by atoms with E-state index in [1.165, 1.54) is 0 Å². The molecule has 0 unspecified atom stereocenters. The van der Waals surface area contributed by atoms with Crippen molar-refractivity contribution in [1.82, 2.24) is 9.97 Å². The molecule has 0 fully saturated rings. The minimum absolute atomic E-state index is 0.312. The number of hydrogen-bond acceptors (Lipinski definition) is 3. The summed E-state index contributed by atoms with van der Waals surface area (Å²) < 4.78 is 14.4.